The van der Waals surface area contributed by atoms with Crippen molar-refractivity contribution in [3.8, 4) is 5.75 Å². The molecule has 19 heavy (non-hydrogen) atoms. The lowest BCUT2D eigenvalue weighted by atomic mass is 10.1. The number of ether oxygens (including phenoxy) is 1. The molecule has 2 N–H and O–H groups in total. The molecule has 1 rings (SSSR count). The summed E-state index contributed by atoms with van der Waals surface area (Å²) in [4.78, 5) is 0. The van der Waals surface area contributed by atoms with Gasteiger partial charge in [-0.3, -0.25) is 0 Å². The van der Waals surface area contributed by atoms with E-state index in [-0.39, 0.29) is 11.5 Å². The summed E-state index contributed by atoms with van der Waals surface area (Å²) in [6.45, 7) is 2.64. The minimum absolute atomic E-state index is 0.176. The second-order valence-electron chi connectivity index (χ2n) is 4.23. The minimum Gasteiger partial charge on any atom is -0.494 e. The number of rotatable bonds is 8. The van der Waals surface area contributed by atoms with E-state index in [0.717, 1.165) is 22.2 Å². The molecule has 1 aromatic rings. The van der Waals surface area contributed by atoms with Crippen molar-refractivity contribution in [3.05, 3.63) is 28.2 Å². The van der Waals surface area contributed by atoms with Crippen LogP contribution in [0.1, 0.15) is 18.9 Å². The Morgan fingerprint density at radius 1 is 1.37 bits per heavy atom. The van der Waals surface area contributed by atoms with Gasteiger partial charge in [0.25, 0.3) is 0 Å². The standard InChI is InChI=1S/C13H20BrNO3S/c1-2-19(16,17)9-3-8-18-12-4-5-13(14)11(10-12)6-7-15/h4-5,10H,2-3,6-9,15H2,1H3. The molecule has 0 heterocycles. The van der Waals surface area contributed by atoms with Crippen LogP contribution in [0.3, 0.4) is 0 Å². The van der Waals surface area contributed by atoms with Crippen molar-refractivity contribution in [1.29, 1.82) is 0 Å². The summed E-state index contributed by atoms with van der Waals surface area (Å²) in [5.41, 5.74) is 6.63. The van der Waals surface area contributed by atoms with E-state index in [4.69, 9.17) is 10.5 Å². The zero-order valence-corrected chi connectivity index (χ0v) is 13.5. The predicted molar refractivity (Wildman–Crippen MR) is 81.3 cm³/mol. The minimum atomic E-state index is -2.90. The molecule has 1 aromatic carbocycles. The molecular weight excluding hydrogens is 330 g/mol. The number of sulfone groups is 1. The van der Waals surface area contributed by atoms with E-state index in [0.29, 0.717) is 19.6 Å². The summed E-state index contributed by atoms with van der Waals surface area (Å²) in [6, 6.07) is 5.72. The molecule has 0 amide bonds. The molecule has 0 aliphatic heterocycles. The zero-order chi connectivity index (χ0) is 14.3. The highest BCUT2D eigenvalue weighted by Crippen LogP contribution is 2.23. The van der Waals surface area contributed by atoms with E-state index in [9.17, 15) is 8.42 Å². The molecule has 0 atom stereocenters. The van der Waals surface area contributed by atoms with Crippen LogP contribution in [0, 0.1) is 0 Å². The van der Waals surface area contributed by atoms with Crippen molar-refractivity contribution in [2.75, 3.05) is 24.7 Å². The quantitative estimate of drug-likeness (QED) is 0.730. The number of nitrogens with two attached hydrogens (primary N) is 1. The van der Waals surface area contributed by atoms with Gasteiger partial charge in [0.05, 0.1) is 12.4 Å². The van der Waals surface area contributed by atoms with Crippen molar-refractivity contribution in [2.45, 2.75) is 19.8 Å². The van der Waals surface area contributed by atoms with Gasteiger partial charge in [-0.1, -0.05) is 22.9 Å². The SMILES string of the molecule is CCS(=O)(=O)CCCOc1ccc(Br)c(CCN)c1. The molecule has 6 heteroatoms. The summed E-state index contributed by atoms with van der Waals surface area (Å²) >= 11 is 3.46. The molecule has 0 aliphatic carbocycles. The Hall–Kier alpha value is -0.590. The van der Waals surface area contributed by atoms with Crippen molar-refractivity contribution in [1.82, 2.24) is 0 Å². The van der Waals surface area contributed by atoms with Crippen LogP contribution in [0.25, 0.3) is 0 Å². The molecule has 4 nitrogen and oxygen atoms in total. The molecule has 0 saturated heterocycles. The van der Waals surface area contributed by atoms with Gasteiger partial charge >= 0.3 is 0 Å². The zero-order valence-electron chi connectivity index (χ0n) is 11.1. The summed E-state index contributed by atoms with van der Waals surface area (Å²) in [5.74, 6) is 1.11. The lowest BCUT2D eigenvalue weighted by Gasteiger charge is -2.09. The molecule has 0 spiro atoms. The largest absolute Gasteiger partial charge is 0.494 e. The summed E-state index contributed by atoms with van der Waals surface area (Å²) < 4.78 is 29.2. The van der Waals surface area contributed by atoms with Crippen LogP contribution in [0.5, 0.6) is 5.75 Å². The van der Waals surface area contributed by atoms with Gasteiger partial charge in [-0.25, -0.2) is 8.42 Å². The van der Waals surface area contributed by atoms with Crippen molar-refractivity contribution in [3.63, 3.8) is 0 Å². The Labute approximate surface area is 123 Å². The Balaban J connectivity index is 2.48. The number of hydrogen-bond donors (Lipinski definition) is 1. The summed E-state index contributed by atoms with van der Waals surface area (Å²) in [5, 5.41) is 0. The van der Waals surface area contributed by atoms with E-state index in [1.807, 2.05) is 18.2 Å². The van der Waals surface area contributed by atoms with Crippen LogP contribution in [0.2, 0.25) is 0 Å². The maximum absolute atomic E-state index is 11.3. The fourth-order valence-corrected chi connectivity index (χ4v) is 2.89. The van der Waals surface area contributed by atoms with Crippen molar-refractivity contribution in [2.24, 2.45) is 5.73 Å². The first kappa shape index (κ1) is 16.5. The Morgan fingerprint density at radius 3 is 2.74 bits per heavy atom. The molecule has 108 valence electrons. The Kier molecular flexibility index (Phi) is 6.82. The lowest BCUT2D eigenvalue weighted by molar-refractivity contribution is 0.317. The van der Waals surface area contributed by atoms with Gasteiger partial charge in [-0.2, -0.15) is 0 Å². The number of benzene rings is 1. The van der Waals surface area contributed by atoms with E-state index in [2.05, 4.69) is 15.9 Å². The molecule has 0 aliphatic rings. The highest BCUT2D eigenvalue weighted by Gasteiger charge is 2.07. The van der Waals surface area contributed by atoms with E-state index in [1.165, 1.54) is 0 Å². The maximum Gasteiger partial charge on any atom is 0.150 e. The number of hydrogen-bond acceptors (Lipinski definition) is 4. The van der Waals surface area contributed by atoms with Gasteiger partial charge in [0.2, 0.25) is 0 Å². The normalized spacial score (nSPS) is 11.5. The predicted octanol–water partition coefficient (Wildman–Crippen LogP) is 2.15. The van der Waals surface area contributed by atoms with Crippen LogP contribution in [-0.4, -0.2) is 33.1 Å². The highest BCUT2D eigenvalue weighted by atomic mass is 79.9. The van der Waals surface area contributed by atoms with Crippen molar-refractivity contribution >= 4 is 25.8 Å². The van der Waals surface area contributed by atoms with Crippen molar-refractivity contribution < 1.29 is 13.2 Å². The second kappa shape index (κ2) is 7.87. The van der Waals surface area contributed by atoms with E-state index < -0.39 is 9.84 Å². The Bertz CT molecular complexity index is 503. The fourth-order valence-electron chi connectivity index (χ4n) is 1.60. The number of halogens is 1. The highest BCUT2D eigenvalue weighted by molar-refractivity contribution is 9.10. The summed E-state index contributed by atoms with van der Waals surface area (Å²) in [7, 11) is -2.90. The third kappa shape index (κ3) is 5.93. The third-order valence-electron chi connectivity index (χ3n) is 2.74. The summed E-state index contributed by atoms with van der Waals surface area (Å²) in [6.07, 6.45) is 1.29. The topological polar surface area (TPSA) is 69.4 Å². The lowest BCUT2D eigenvalue weighted by Crippen LogP contribution is -2.12. The molecule has 0 saturated carbocycles. The third-order valence-corrected chi connectivity index (χ3v) is 5.30. The van der Waals surface area contributed by atoms with Gasteiger partial charge in [0, 0.05) is 10.2 Å². The molecule has 0 bridgehead atoms. The van der Waals surface area contributed by atoms with Gasteiger partial charge in [-0.05, 0) is 43.1 Å². The average Bonchev–Trinajstić information content (AvgIpc) is 2.38. The van der Waals surface area contributed by atoms with Gasteiger partial charge in [0.15, 0.2) is 0 Å². The molecule has 0 unspecified atom stereocenters. The average molecular weight is 350 g/mol. The van der Waals surface area contributed by atoms with Crippen LogP contribution >= 0.6 is 15.9 Å². The molecule has 0 aromatic heterocycles. The van der Waals surface area contributed by atoms with Gasteiger partial charge in [0.1, 0.15) is 15.6 Å². The van der Waals surface area contributed by atoms with Gasteiger partial charge in [-0.15, -0.1) is 0 Å². The molecule has 0 radical (unpaired) electrons. The van der Waals surface area contributed by atoms with Crippen LogP contribution in [-0.2, 0) is 16.3 Å². The van der Waals surface area contributed by atoms with E-state index >= 15 is 0 Å². The monoisotopic (exact) mass is 349 g/mol. The first-order valence-corrected chi connectivity index (χ1v) is 8.91. The Morgan fingerprint density at radius 2 is 2.11 bits per heavy atom. The van der Waals surface area contributed by atoms with Crippen LogP contribution < -0.4 is 10.5 Å². The van der Waals surface area contributed by atoms with Crippen LogP contribution in [0.15, 0.2) is 22.7 Å². The first-order chi connectivity index (χ1) is 8.98. The second-order valence-corrected chi connectivity index (χ2v) is 7.56. The maximum atomic E-state index is 11.3. The van der Waals surface area contributed by atoms with Crippen LogP contribution in [0.4, 0.5) is 0 Å². The first-order valence-electron chi connectivity index (χ1n) is 6.30. The smallest absolute Gasteiger partial charge is 0.150 e. The molecular formula is C13H20BrNO3S. The fraction of sp³-hybridized carbons (Fsp3) is 0.538. The van der Waals surface area contributed by atoms with E-state index in [1.54, 1.807) is 6.92 Å². The van der Waals surface area contributed by atoms with Gasteiger partial charge < -0.3 is 10.5 Å². The molecule has 0 fully saturated rings.